The van der Waals surface area contributed by atoms with E-state index in [1.807, 2.05) is 31.2 Å². The minimum atomic E-state index is -0.788. The summed E-state index contributed by atoms with van der Waals surface area (Å²) in [4.78, 5) is 2.15. The third kappa shape index (κ3) is 3.83. The normalized spacial score (nSPS) is 19.2. The van der Waals surface area contributed by atoms with E-state index in [1.54, 1.807) is 12.1 Å². The second-order valence-corrected chi connectivity index (χ2v) is 6.77. The minimum Gasteiger partial charge on any atom is -0.387 e. The standard InChI is InChI=1S/C20H24FNO2/c1-15-3-2-4-17(13-15)20(24)9-11-22(12-10-20)14-19(23)16-5-7-18(21)8-6-16/h2-8,13,19,23-24H,9-12,14H2,1H3/t19-/m1/s1. The van der Waals surface area contributed by atoms with Gasteiger partial charge in [-0.25, -0.2) is 4.39 Å². The quantitative estimate of drug-likeness (QED) is 0.906. The van der Waals surface area contributed by atoms with E-state index in [9.17, 15) is 14.6 Å². The monoisotopic (exact) mass is 329 g/mol. The van der Waals surface area contributed by atoms with Crippen LogP contribution in [-0.2, 0) is 5.60 Å². The van der Waals surface area contributed by atoms with Crippen molar-refractivity contribution in [1.29, 1.82) is 0 Å². The van der Waals surface area contributed by atoms with Crippen LogP contribution in [-0.4, -0.2) is 34.7 Å². The molecule has 0 radical (unpaired) electrons. The van der Waals surface area contributed by atoms with Crippen molar-refractivity contribution in [2.24, 2.45) is 0 Å². The fourth-order valence-corrected chi connectivity index (χ4v) is 3.36. The summed E-state index contributed by atoms with van der Waals surface area (Å²) in [5, 5.41) is 21.3. The molecule has 0 saturated carbocycles. The SMILES string of the molecule is Cc1cccc(C2(O)CCN(C[C@@H](O)c3ccc(F)cc3)CC2)c1. The predicted molar refractivity (Wildman–Crippen MR) is 92.1 cm³/mol. The molecule has 1 saturated heterocycles. The maximum absolute atomic E-state index is 13.0. The van der Waals surface area contributed by atoms with Crippen LogP contribution in [0.1, 0.15) is 35.6 Å². The first-order valence-corrected chi connectivity index (χ1v) is 8.42. The molecular formula is C20H24FNO2. The average molecular weight is 329 g/mol. The summed E-state index contributed by atoms with van der Waals surface area (Å²) in [5.41, 5.74) is 2.05. The maximum atomic E-state index is 13.0. The van der Waals surface area contributed by atoms with E-state index in [2.05, 4.69) is 4.90 Å². The molecule has 0 aromatic heterocycles. The molecule has 3 rings (SSSR count). The molecule has 1 atom stereocenters. The van der Waals surface area contributed by atoms with Gasteiger partial charge in [0.25, 0.3) is 0 Å². The topological polar surface area (TPSA) is 43.7 Å². The van der Waals surface area contributed by atoms with Gasteiger partial charge in [-0.1, -0.05) is 42.0 Å². The van der Waals surface area contributed by atoms with Gasteiger partial charge >= 0.3 is 0 Å². The van der Waals surface area contributed by atoms with Crippen LogP contribution in [0.25, 0.3) is 0 Å². The number of benzene rings is 2. The van der Waals surface area contributed by atoms with E-state index in [4.69, 9.17) is 0 Å². The van der Waals surface area contributed by atoms with Crippen LogP contribution in [0.5, 0.6) is 0 Å². The summed E-state index contributed by atoms with van der Waals surface area (Å²) in [5.74, 6) is -0.299. The van der Waals surface area contributed by atoms with Gasteiger partial charge < -0.3 is 15.1 Å². The van der Waals surface area contributed by atoms with Gasteiger partial charge in [-0.3, -0.25) is 0 Å². The minimum absolute atomic E-state index is 0.299. The second kappa shape index (κ2) is 7.01. The summed E-state index contributed by atoms with van der Waals surface area (Å²) in [6.07, 6.45) is 0.648. The molecule has 2 aromatic rings. The number of nitrogens with zero attached hydrogens (tertiary/aromatic N) is 1. The highest BCUT2D eigenvalue weighted by atomic mass is 19.1. The average Bonchev–Trinajstić information content (AvgIpc) is 2.58. The predicted octanol–water partition coefficient (Wildman–Crippen LogP) is 3.15. The van der Waals surface area contributed by atoms with Crippen molar-refractivity contribution in [3.63, 3.8) is 0 Å². The zero-order valence-electron chi connectivity index (χ0n) is 14.0. The summed E-state index contributed by atoms with van der Waals surface area (Å²) >= 11 is 0. The number of rotatable bonds is 4. The first-order chi connectivity index (χ1) is 11.5. The van der Waals surface area contributed by atoms with Gasteiger partial charge in [0.15, 0.2) is 0 Å². The highest BCUT2D eigenvalue weighted by Crippen LogP contribution is 2.33. The third-order valence-corrected chi connectivity index (χ3v) is 4.92. The first-order valence-electron chi connectivity index (χ1n) is 8.42. The molecule has 1 fully saturated rings. The van der Waals surface area contributed by atoms with Crippen molar-refractivity contribution < 1.29 is 14.6 Å². The summed E-state index contributed by atoms with van der Waals surface area (Å²) in [6.45, 7) is 3.97. The molecule has 0 amide bonds. The molecule has 2 aromatic carbocycles. The molecule has 2 N–H and O–H groups in total. The number of aliphatic hydroxyl groups is 2. The van der Waals surface area contributed by atoms with E-state index in [1.165, 1.54) is 12.1 Å². The van der Waals surface area contributed by atoms with Crippen molar-refractivity contribution in [3.05, 3.63) is 71.0 Å². The lowest BCUT2D eigenvalue weighted by molar-refractivity contribution is -0.0345. The molecule has 1 aliphatic heterocycles. The number of halogens is 1. The number of aliphatic hydroxyl groups excluding tert-OH is 1. The zero-order chi connectivity index (χ0) is 17.2. The molecular weight excluding hydrogens is 305 g/mol. The fraction of sp³-hybridized carbons (Fsp3) is 0.400. The lowest BCUT2D eigenvalue weighted by atomic mass is 9.84. The van der Waals surface area contributed by atoms with E-state index in [0.717, 1.165) is 29.8 Å². The van der Waals surface area contributed by atoms with Crippen LogP contribution in [0, 0.1) is 12.7 Å². The molecule has 0 unspecified atom stereocenters. The van der Waals surface area contributed by atoms with Crippen molar-refractivity contribution in [2.45, 2.75) is 31.5 Å². The van der Waals surface area contributed by atoms with Crippen LogP contribution in [0.15, 0.2) is 48.5 Å². The summed E-state index contributed by atoms with van der Waals surface area (Å²) < 4.78 is 13.0. The lowest BCUT2D eigenvalue weighted by Crippen LogP contribution is -2.44. The Labute approximate surface area is 142 Å². The Hall–Kier alpha value is -1.75. The second-order valence-electron chi connectivity index (χ2n) is 6.77. The summed E-state index contributed by atoms with van der Waals surface area (Å²) in [7, 11) is 0. The van der Waals surface area contributed by atoms with Gasteiger partial charge in [0.1, 0.15) is 5.82 Å². The van der Waals surface area contributed by atoms with Gasteiger partial charge in [-0.2, -0.15) is 0 Å². The van der Waals surface area contributed by atoms with Crippen molar-refractivity contribution in [2.75, 3.05) is 19.6 Å². The highest BCUT2D eigenvalue weighted by Gasteiger charge is 2.34. The molecule has 0 bridgehead atoms. The molecule has 0 spiro atoms. The lowest BCUT2D eigenvalue weighted by Gasteiger charge is -2.39. The number of β-amino-alcohol motifs (C(OH)–C–C–N with tert-alkyl or cyclic N) is 1. The third-order valence-electron chi connectivity index (χ3n) is 4.92. The van der Waals surface area contributed by atoms with Gasteiger partial charge in [0, 0.05) is 19.6 Å². The Kier molecular flexibility index (Phi) is 4.99. The van der Waals surface area contributed by atoms with Gasteiger partial charge in [0.2, 0.25) is 0 Å². The van der Waals surface area contributed by atoms with Crippen LogP contribution in [0.3, 0.4) is 0 Å². The van der Waals surface area contributed by atoms with Crippen LogP contribution < -0.4 is 0 Å². The fourth-order valence-electron chi connectivity index (χ4n) is 3.36. The van der Waals surface area contributed by atoms with E-state index in [-0.39, 0.29) is 5.82 Å². The maximum Gasteiger partial charge on any atom is 0.123 e. The van der Waals surface area contributed by atoms with Crippen molar-refractivity contribution in [3.8, 4) is 0 Å². The van der Waals surface area contributed by atoms with Crippen molar-refractivity contribution >= 4 is 0 Å². The van der Waals surface area contributed by atoms with E-state index >= 15 is 0 Å². The first kappa shape index (κ1) is 17.1. The molecule has 1 heterocycles. The Morgan fingerprint density at radius 2 is 1.79 bits per heavy atom. The number of hydrogen-bond acceptors (Lipinski definition) is 3. The molecule has 4 heteroatoms. The highest BCUT2D eigenvalue weighted by molar-refractivity contribution is 5.28. The molecule has 3 nitrogen and oxygen atoms in total. The van der Waals surface area contributed by atoms with Crippen molar-refractivity contribution in [1.82, 2.24) is 4.90 Å². The zero-order valence-corrected chi connectivity index (χ0v) is 14.0. The van der Waals surface area contributed by atoms with Crippen LogP contribution in [0.2, 0.25) is 0 Å². The smallest absolute Gasteiger partial charge is 0.123 e. The van der Waals surface area contributed by atoms with Gasteiger partial charge in [-0.15, -0.1) is 0 Å². The van der Waals surface area contributed by atoms with E-state index in [0.29, 0.717) is 19.4 Å². The number of likely N-dealkylation sites (tertiary alicyclic amines) is 1. The van der Waals surface area contributed by atoms with Gasteiger partial charge in [0.05, 0.1) is 11.7 Å². The molecule has 24 heavy (non-hydrogen) atoms. The Morgan fingerprint density at radius 3 is 2.42 bits per heavy atom. The van der Waals surface area contributed by atoms with Crippen LogP contribution in [0.4, 0.5) is 4.39 Å². The number of piperidine rings is 1. The molecule has 128 valence electrons. The molecule has 0 aliphatic carbocycles. The van der Waals surface area contributed by atoms with E-state index < -0.39 is 11.7 Å². The molecule has 1 aliphatic rings. The largest absolute Gasteiger partial charge is 0.387 e. The van der Waals surface area contributed by atoms with Crippen LogP contribution >= 0.6 is 0 Å². The Balaban J connectivity index is 1.59. The number of hydrogen-bond donors (Lipinski definition) is 2. The Morgan fingerprint density at radius 1 is 1.12 bits per heavy atom. The number of aryl methyl sites for hydroxylation is 1. The van der Waals surface area contributed by atoms with Gasteiger partial charge in [-0.05, 0) is 43.0 Å². The Bertz CT molecular complexity index is 678. The summed E-state index contributed by atoms with van der Waals surface area (Å²) in [6, 6.07) is 14.0.